The molecule has 5 atom stereocenters. The van der Waals surface area contributed by atoms with Gasteiger partial charge in [0.2, 0.25) is 17.7 Å². The molecule has 1 unspecified atom stereocenters. The summed E-state index contributed by atoms with van der Waals surface area (Å²) in [6.45, 7) is 37.7. The molecule has 4 spiro atoms. The molecular weight excluding hydrogens is 1320 g/mol. The summed E-state index contributed by atoms with van der Waals surface area (Å²) in [5.41, 5.74) is 12.0. The standard InChI is InChI=1S/C24H36N2O.C23H33N3O3.C22H30N2O3.C20H30N2O.4H2/c1-18(2)8-7-9-19(3)17-26-14-12-24(13-15-26)16-23(25-20(4)27)21-10-5-6-11-22(21)24;1-22(2,3)29-21(28)26-14-10-23(11-15-26)16-19(17-8-4-5-9-18(17)23)24-20(27)25-12-6-7-13-25;1-21(2,3)27-20(26)24-12-10-22(11-13-24)14-18(23-19(25)15-8-9-15)16-6-4-5-7-17(16)22;1-15(2)8-11-22-12-9-20(10-13-22)14-19(21-16(3)23)17-6-4-5-7-18(17)20;;;;/h5-6,8,10-11,19,23H,7,9,12-17H2,1-4H3,(H,25,27);4-5,8-9,19H,6-7,10-16H2,1-3H3,(H,24,27);4-7,15,18H,8-14H2,1-3H3,(H,23,25);4-7,15,19H,8-14H2,1-3H3,(H,21,23);4*1H/t19?,23-;19-;18-;19-;;;;/m0000..../s1. The maximum Gasteiger partial charge on any atom is 0.410 e. The smallest absolute Gasteiger partial charge is 0.410 e. The molecule has 17 nitrogen and oxygen atoms in total. The monoisotopic (exact) mass is 1460 g/mol. The Balaban J connectivity index is 0.000000202. The van der Waals surface area contributed by atoms with Crippen LogP contribution in [-0.2, 0) is 45.5 Å². The van der Waals surface area contributed by atoms with E-state index in [1.54, 1.807) is 13.8 Å². The van der Waals surface area contributed by atoms with Crippen molar-refractivity contribution in [3.8, 4) is 0 Å². The number of rotatable bonds is 13. The van der Waals surface area contributed by atoms with Crippen molar-refractivity contribution in [2.24, 2.45) is 17.8 Å². The summed E-state index contributed by atoms with van der Waals surface area (Å²) in [6.07, 6.45) is 22.4. The summed E-state index contributed by atoms with van der Waals surface area (Å²) in [4.78, 5) is 84.0. The molecule has 0 aromatic heterocycles. The first kappa shape index (κ1) is 79.8. The van der Waals surface area contributed by atoms with Crippen LogP contribution >= 0.6 is 0 Å². The lowest BCUT2D eigenvalue weighted by molar-refractivity contribution is -0.123. The number of benzene rings is 4. The first-order valence-corrected chi connectivity index (χ1v) is 40.8. The van der Waals surface area contributed by atoms with Gasteiger partial charge in [-0.2, -0.15) is 0 Å². The van der Waals surface area contributed by atoms with Crippen molar-refractivity contribution in [2.75, 3.05) is 78.5 Å². The number of allylic oxidation sites excluding steroid dienone is 2. The Kier molecular flexibility index (Phi) is 25.7. The lowest BCUT2D eigenvalue weighted by atomic mass is 9.73. The molecule has 6 fully saturated rings. The normalized spacial score (nSPS) is 23.1. The van der Waals surface area contributed by atoms with Gasteiger partial charge in [-0.25, -0.2) is 14.4 Å². The molecule has 5 aliphatic carbocycles. The summed E-state index contributed by atoms with van der Waals surface area (Å²) in [5, 5.41) is 12.9. The Morgan fingerprint density at radius 3 is 1.16 bits per heavy atom. The molecule has 4 aromatic carbocycles. The molecule has 4 aromatic rings. The van der Waals surface area contributed by atoms with Crippen LogP contribution in [0, 0.1) is 17.8 Å². The number of likely N-dealkylation sites (tertiary alicyclic amines) is 5. The second-order valence-electron chi connectivity index (χ2n) is 36.0. The molecular formula is C89H137N9O8. The largest absolute Gasteiger partial charge is 0.444 e. The van der Waals surface area contributed by atoms with Crippen molar-refractivity contribution in [3.05, 3.63) is 153 Å². The van der Waals surface area contributed by atoms with Crippen LogP contribution in [0.3, 0.4) is 0 Å². The van der Waals surface area contributed by atoms with Crippen molar-refractivity contribution < 1.29 is 43.9 Å². The minimum Gasteiger partial charge on any atom is -0.444 e. The van der Waals surface area contributed by atoms with E-state index in [1.165, 1.54) is 134 Å². The SMILES string of the molecule is CC(=O)N[C@H]1CC2(CCN(CC(C)CCC=C(C)C)CC2)c2ccccc21.CC(=O)N[C@H]1CC2(CCN(CCC(C)C)CC2)c2ccccc21.CC(C)(C)OC(=O)N1CCC2(CC1)C[C@H](NC(=O)C1CC1)c1ccccc12.CC(C)(C)OC(=O)N1CCC2(CC1)C[C@H](NC(=O)N1CCCC1)c1ccccc12.[HH].[HH].[HH].[HH]. The average molecular weight is 1460 g/mol. The quantitative estimate of drug-likeness (QED) is 0.0939. The highest BCUT2D eigenvalue weighted by Crippen LogP contribution is 2.55. The molecule has 586 valence electrons. The van der Waals surface area contributed by atoms with Gasteiger partial charge in [-0.1, -0.05) is 129 Å². The fourth-order valence-corrected chi connectivity index (χ4v) is 19.2. The third-order valence-electron chi connectivity index (χ3n) is 24.9. The van der Waals surface area contributed by atoms with Gasteiger partial charge in [0.25, 0.3) is 0 Å². The number of nitrogens with zero attached hydrogens (tertiary/aromatic N) is 5. The number of ether oxygens (including phenoxy) is 2. The van der Waals surface area contributed by atoms with Crippen molar-refractivity contribution in [1.82, 2.24) is 45.8 Å². The number of urea groups is 1. The van der Waals surface area contributed by atoms with Crippen molar-refractivity contribution in [2.45, 2.75) is 269 Å². The van der Waals surface area contributed by atoms with Gasteiger partial charge >= 0.3 is 18.2 Å². The van der Waals surface area contributed by atoms with E-state index in [0.717, 1.165) is 102 Å². The van der Waals surface area contributed by atoms with Gasteiger partial charge in [0.15, 0.2) is 0 Å². The van der Waals surface area contributed by atoms with Crippen LogP contribution in [0.25, 0.3) is 0 Å². The van der Waals surface area contributed by atoms with Gasteiger partial charge in [0.1, 0.15) is 11.2 Å². The summed E-state index contributed by atoms with van der Waals surface area (Å²) in [5.74, 6) is 2.12. The number of carbonyl (C=O) groups is 6. The summed E-state index contributed by atoms with van der Waals surface area (Å²) >= 11 is 0. The Morgan fingerprint density at radius 1 is 0.462 bits per heavy atom. The molecule has 5 saturated heterocycles. The molecule has 0 bridgehead atoms. The van der Waals surface area contributed by atoms with Crippen LogP contribution in [-0.4, -0.2) is 150 Å². The highest BCUT2D eigenvalue weighted by molar-refractivity contribution is 5.81. The highest BCUT2D eigenvalue weighted by Gasteiger charge is 2.51. The van der Waals surface area contributed by atoms with E-state index in [-0.39, 0.29) is 93.4 Å². The molecule has 1 saturated carbocycles. The van der Waals surface area contributed by atoms with Crippen LogP contribution in [0.4, 0.5) is 14.4 Å². The minimum absolute atomic E-state index is 0. The molecule has 0 radical (unpaired) electrons. The van der Waals surface area contributed by atoms with Gasteiger partial charge in [-0.3, -0.25) is 14.4 Å². The van der Waals surface area contributed by atoms with E-state index < -0.39 is 11.2 Å². The van der Waals surface area contributed by atoms with E-state index in [4.69, 9.17) is 9.47 Å². The van der Waals surface area contributed by atoms with Crippen LogP contribution in [0.15, 0.2) is 109 Å². The topological polar surface area (TPSA) is 185 Å². The number of carbonyl (C=O) groups excluding carboxylic acids is 6. The Labute approximate surface area is 641 Å². The summed E-state index contributed by atoms with van der Waals surface area (Å²) in [7, 11) is 0. The molecule has 10 aliphatic rings. The van der Waals surface area contributed by atoms with E-state index in [1.807, 2.05) is 56.2 Å². The van der Waals surface area contributed by atoms with Crippen LogP contribution in [0.2, 0.25) is 0 Å². The van der Waals surface area contributed by atoms with Crippen molar-refractivity contribution >= 4 is 35.9 Å². The molecule has 7 amide bonds. The van der Waals surface area contributed by atoms with Crippen molar-refractivity contribution in [3.63, 3.8) is 0 Å². The van der Waals surface area contributed by atoms with Gasteiger partial charge < -0.3 is 55.2 Å². The molecule has 17 heteroatoms. The number of hydrogen-bond donors (Lipinski definition) is 4. The highest BCUT2D eigenvalue weighted by atomic mass is 16.6. The van der Waals surface area contributed by atoms with E-state index in [2.05, 4.69) is 169 Å². The molecule has 14 rings (SSSR count). The molecule has 5 aliphatic heterocycles. The minimum atomic E-state index is -0.475. The second kappa shape index (κ2) is 34.1. The third kappa shape index (κ3) is 19.8. The van der Waals surface area contributed by atoms with E-state index in [9.17, 15) is 28.8 Å². The summed E-state index contributed by atoms with van der Waals surface area (Å²) in [6, 6.07) is 35.2. The van der Waals surface area contributed by atoms with Crippen LogP contribution < -0.4 is 21.3 Å². The molecule has 106 heavy (non-hydrogen) atoms. The first-order chi connectivity index (χ1) is 50.4. The predicted molar refractivity (Wildman–Crippen MR) is 431 cm³/mol. The zero-order chi connectivity index (χ0) is 75.8. The number of nitrogens with one attached hydrogen (secondary N) is 4. The van der Waals surface area contributed by atoms with Gasteiger partial charge in [-0.05, 0) is 266 Å². The van der Waals surface area contributed by atoms with Gasteiger partial charge in [0.05, 0.1) is 24.2 Å². The van der Waals surface area contributed by atoms with E-state index >= 15 is 0 Å². The van der Waals surface area contributed by atoms with Gasteiger partial charge in [-0.15, -0.1) is 0 Å². The number of amides is 7. The predicted octanol–water partition coefficient (Wildman–Crippen LogP) is 17.7. The van der Waals surface area contributed by atoms with Crippen molar-refractivity contribution in [1.29, 1.82) is 0 Å². The Morgan fingerprint density at radius 2 is 0.811 bits per heavy atom. The maximum atomic E-state index is 12.7. The first-order valence-electron chi connectivity index (χ1n) is 40.8. The lowest BCUT2D eigenvalue weighted by Gasteiger charge is -2.41. The van der Waals surface area contributed by atoms with E-state index in [0.29, 0.717) is 26.2 Å². The molecule has 5 heterocycles. The number of fused-ring (bicyclic) bond motifs is 8. The fraction of sp³-hybridized carbons (Fsp3) is 0.640. The third-order valence-corrected chi connectivity index (χ3v) is 24.9. The zero-order valence-electron chi connectivity index (χ0n) is 66.8. The summed E-state index contributed by atoms with van der Waals surface area (Å²) < 4.78 is 11.1. The zero-order valence-corrected chi connectivity index (χ0v) is 66.8. The van der Waals surface area contributed by atoms with Crippen LogP contribution in [0.5, 0.6) is 0 Å². The maximum absolute atomic E-state index is 12.7. The lowest BCUT2D eigenvalue weighted by Crippen LogP contribution is -2.46. The number of hydrogen-bond acceptors (Lipinski definition) is 10. The fourth-order valence-electron chi connectivity index (χ4n) is 19.2. The van der Waals surface area contributed by atoms with Crippen LogP contribution in [0.1, 0.15) is 286 Å². The number of piperidine rings is 4. The van der Waals surface area contributed by atoms with Gasteiger partial charge in [0, 0.05) is 92.9 Å². The average Bonchev–Trinajstić information content (AvgIpc) is 1.61. The Hall–Kier alpha value is -7.24. The second-order valence-corrected chi connectivity index (χ2v) is 36.0. The Bertz CT molecular complexity index is 3730. The molecule has 4 N–H and O–H groups in total.